The van der Waals surface area contributed by atoms with Gasteiger partial charge in [-0.3, -0.25) is 4.79 Å². The molecule has 2 aliphatic rings. The maximum Gasteiger partial charge on any atom is 0.272 e. The predicted molar refractivity (Wildman–Crippen MR) is 106 cm³/mol. The van der Waals surface area contributed by atoms with Crippen molar-refractivity contribution in [3.05, 3.63) is 35.8 Å². The molecule has 1 saturated heterocycles. The van der Waals surface area contributed by atoms with Gasteiger partial charge in [-0.1, -0.05) is 6.92 Å². The number of aromatic nitrogens is 2. The van der Waals surface area contributed by atoms with E-state index in [4.69, 9.17) is 9.47 Å². The van der Waals surface area contributed by atoms with Gasteiger partial charge in [-0.2, -0.15) is 0 Å². The average molecular weight is 383 g/mol. The van der Waals surface area contributed by atoms with Crippen LogP contribution in [-0.2, 0) is 0 Å². The molecule has 2 aromatic rings. The molecule has 1 N–H and O–H groups in total. The first kappa shape index (κ1) is 18.5. The number of likely N-dealkylation sites (N-methyl/N-ethyl adjacent to an activating group) is 1. The molecule has 0 aliphatic carbocycles. The fraction of sp³-hybridized carbons (Fsp3) is 0.450. The minimum atomic E-state index is -0.0496. The van der Waals surface area contributed by atoms with Crippen LogP contribution >= 0.6 is 0 Å². The number of ether oxygens (including phenoxy) is 2. The molecular weight excluding hydrogens is 358 g/mol. The summed E-state index contributed by atoms with van der Waals surface area (Å²) >= 11 is 0. The number of piperazine rings is 1. The van der Waals surface area contributed by atoms with Gasteiger partial charge in [0.05, 0.1) is 0 Å². The van der Waals surface area contributed by atoms with Crippen molar-refractivity contribution < 1.29 is 14.3 Å². The van der Waals surface area contributed by atoms with Gasteiger partial charge in [0.2, 0.25) is 0 Å². The van der Waals surface area contributed by atoms with Crippen molar-refractivity contribution in [3.63, 3.8) is 0 Å². The van der Waals surface area contributed by atoms with E-state index >= 15 is 0 Å². The molecule has 3 heterocycles. The molecule has 0 spiro atoms. The van der Waals surface area contributed by atoms with Crippen LogP contribution in [0.1, 0.15) is 23.2 Å². The number of anilines is 2. The molecule has 1 aromatic heterocycles. The lowest BCUT2D eigenvalue weighted by molar-refractivity contribution is 0.0637. The van der Waals surface area contributed by atoms with E-state index in [0.717, 1.165) is 44.2 Å². The topological polar surface area (TPSA) is 79.8 Å². The third kappa shape index (κ3) is 4.01. The molecule has 0 radical (unpaired) electrons. The van der Waals surface area contributed by atoms with Gasteiger partial charge in [0.25, 0.3) is 5.91 Å². The summed E-state index contributed by atoms with van der Waals surface area (Å²) in [5.41, 5.74) is 1.23. The minimum absolute atomic E-state index is 0.0496. The van der Waals surface area contributed by atoms with Crippen LogP contribution in [0.5, 0.6) is 11.5 Å². The summed E-state index contributed by atoms with van der Waals surface area (Å²) in [4.78, 5) is 25.9. The highest BCUT2D eigenvalue weighted by Crippen LogP contribution is 2.33. The highest BCUT2D eigenvalue weighted by Gasteiger charge is 2.23. The molecular formula is C20H25N5O3. The van der Waals surface area contributed by atoms with Gasteiger partial charge in [-0.25, -0.2) is 9.97 Å². The van der Waals surface area contributed by atoms with E-state index in [9.17, 15) is 4.79 Å². The Kier molecular flexibility index (Phi) is 5.29. The highest BCUT2D eigenvalue weighted by molar-refractivity contribution is 5.93. The van der Waals surface area contributed by atoms with Crippen LogP contribution in [0.3, 0.4) is 0 Å². The lowest BCUT2D eigenvalue weighted by atomic mass is 10.2. The number of aryl methyl sites for hydroxylation is 1. The van der Waals surface area contributed by atoms with Crippen LogP contribution in [-0.4, -0.2) is 71.6 Å². The fourth-order valence-corrected chi connectivity index (χ4v) is 3.44. The first-order valence-corrected chi connectivity index (χ1v) is 9.66. The van der Waals surface area contributed by atoms with E-state index in [0.29, 0.717) is 36.3 Å². The molecule has 28 heavy (non-hydrogen) atoms. The fourth-order valence-electron chi connectivity index (χ4n) is 3.44. The number of hydrogen-bond acceptors (Lipinski definition) is 7. The Balaban J connectivity index is 1.50. The number of rotatable bonds is 4. The van der Waals surface area contributed by atoms with Crippen molar-refractivity contribution in [1.29, 1.82) is 0 Å². The molecule has 8 heteroatoms. The monoisotopic (exact) mass is 383 g/mol. The van der Waals surface area contributed by atoms with Gasteiger partial charge in [0, 0.05) is 44.0 Å². The zero-order chi connectivity index (χ0) is 19.5. The lowest BCUT2D eigenvalue weighted by Crippen LogP contribution is -2.48. The molecule has 0 atom stereocenters. The van der Waals surface area contributed by atoms with Gasteiger partial charge in [0.1, 0.15) is 30.5 Å². The number of hydrogen-bond donors (Lipinski definition) is 1. The molecule has 8 nitrogen and oxygen atoms in total. The summed E-state index contributed by atoms with van der Waals surface area (Å²) in [5, 5.41) is 3.24. The van der Waals surface area contributed by atoms with Crippen molar-refractivity contribution in [2.45, 2.75) is 13.8 Å². The second kappa shape index (κ2) is 8.02. The predicted octanol–water partition coefficient (Wildman–Crippen LogP) is 2.08. The Morgan fingerprint density at radius 3 is 2.57 bits per heavy atom. The molecule has 0 bridgehead atoms. The van der Waals surface area contributed by atoms with Crippen molar-refractivity contribution in [3.8, 4) is 11.5 Å². The number of carbonyl (C=O) groups excluding carboxylic acids is 1. The van der Waals surface area contributed by atoms with Gasteiger partial charge in [0.15, 0.2) is 11.5 Å². The summed E-state index contributed by atoms with van der Waals surface area (Å²) in [7, 11) is 0. The van der Waals surface area contributed by atoms with Crippen molar-refractivity contribution in [2.24, 2.45) is 0 Å². The van der Waals surface area contributed by atoms with Crippen LogP contribution in [0.15, 0.2) is 24.3 Å². The van der Waals surface area contributed by atoms with Crippen LogP contribution < -0.4 is 14.8 Å². The average Bonchev–Trinajstić information content (AvgIpc) is 2.73. The van der Waals surface area contributed by atoms with Crippen LogP contribution in [0, 0.1) is 6.92 Å². The van der Waals surface area contributed by atoms with E-state index in [1.807, 2.05) is 23.1 Å². The molecule has 0 saturated carbocycles. The first-order chi connectivity index (χ1) is 13.6. The SMILES string of the molecule is CCN1CCN(C(=O)c2cc(Nc3ccc4c(c3)OCCO4)nc(C)n2)CC1. The second-order valence-electron chi connectivity index (χ2n) is 6.90. The zero-order valence-electron chi connectivity index (χ0n) is 16.3. The van der Waals surface area contributed by atoms with Crippen molar-refractivity contribution in [2.75, 3.05) is 51.3 Å². The Morgan fingerprint density at radius 1 is 1.07 bits per heavy atom. The van der Waals surface area contributed by atoms with E-state index < -0.39 is 0 Å². The molecule has 1 amide bonds. The largest absolute Gasteiger partial charge is 0.486 e. The number of carbonyl (C=O) groups is 1. The molecule has 1 fully saturated rings. The number of amides is 1. The summed E-state index contributed by atoms with van der Waals surface area (Å²) < 4.78 is 11.2. The second-order valence-corrected chi connectivity index (χ2v) is 6.90. The Morgan fingerprint density at radius 2 is 1.82 bits per heavy atom. The maximum atomic E-state index is 12.9. The summed E-state index contributed by atoms with van der Waals surface area (Å²) in [6, 6.07) is 7.34. The van der Waals surface area contributed by atoms with Gasteiger partial charge in [-0.05, 0) is 25.6 Å². The lowest BCUT2D eigenvalue weighted by Gasteiger charge is -2.33. The Labute approximate surface area is 164 Å². The van der Waals surface area contributed by atoms with E-state index in [1.54, 1.807) is 13.0 Å². The molecule has 148 valence electrons. The molecule has 0 unspecified atom stereocenters. The minimum Gasteiger partial charge on any atom is -0.486 e. The highest BCUT2D eigenvalue weighted by atomic mass is 16.6. The van der Waals surface area contributed by atoms with E-state index in [1.165, 1.54) is 0 Å². The van der Waals surface area contributed by atoms with Crippen molar-refractivity contribution >= 4 is 17.4 Å². The summed E-state index contributed by atoms with van der Waals surface area (Å²) in [6.07, 6.45) is 0. The first-order valence-electron chi connectivity index (χ1n) is 9.66. The number of nitrogens with zero attached hydrogens (tertiary/aromatic N) is 4. The number of nitrogens with one attached hydrogen (secondary N) is 1. The Hall–Kier alpha value is -2.87. The van der Waals surface area contributed by atoms with Gasteiger partial charge < -0.3 is 24.6 Å². The number of benzene rings is 1. The van der Waals surface area contributed by atoms with Crippen molar-refractivity contribution in [1.82, 2.24) is 19.8 Å². The van der Waals surface area contributed by atoms with E-state index in [2.05, 4.69) is 27.1 Å². The zero-order valence-corrected chi connectivity index (χ0v) is 16.3. The Bertz CT molecular complexity index is 865. The van der Waals surface area contributed by atoms with E-state index in [-0.39, 0.29) is 5.91 Å². The third-order valence-corrected chi connectivity index (χ3v) is 4.98. The van der Waals surface area contributed by atoms with Gasteiger partial charge >= 0.3 is 0 Å². The quantitative estimate of drug-likeness (QED) is 0.866. The molecule has 1 aromatic carbocycles. The smallest absolute Gasteiger partial charge is 0.272 e. The standard InChI is InChI=1S/C20H25N5O3/c1-3-24-6-8-25(9-7-24)20(26)16-13-19(22-14(2)21-16)23-15-4-5-17-18(12-15)28-11-10-27-17/h4-5,12-13H,3,6-11H2,1-2H3,(H,21,22,23). The van der Waals surface area contributed by atoms with Crippen LogP contribution in [0.25, 0.3) is 0 Å². The van der Waals surface area contributed by atoms with Crippen LogP contribution in [0.4, 0.5) is 11.5 Å². The maximum absolute atomic E-state index is 12.9. The summed E-state index contributed by atoms with van der Waals surface area (Å²) in [6.45, 7) is 9.28. The van der Waals surface area contributed by atoms with Gasteiger partial charge in [-0.15, -0.1) is 0 Å². The normalized spacial score (nSPS) is 16.7. The molecule has 4 rings (SSSR count). The number of fused-ring (bicyclic) bond motifs is 1. The van der Waals surface area contributed by atoms with Crippen LogP contribution in [0.2, 0.25) is 0 Å². The summed E-state index contributed by atoms with van der Waals surface area (Å²) in [5.74, 6) is 2.52. The third-order valence-electron chi connectivity index (χ3n) is 4.98. The molecule has 2 aliphatic heterocycles.